The van der Waals surface area contributed by atoms with Crippen molar-refractivity contribution in [3.05, 3.63) is 47.5 Å². The minimum absolute atomic E-state index is 0.295. The lowest BCUT2D eigenvalue weighted by Gasteiger charge is -2.02. The first-order valence-corrected chi connectivity index (χ1v) is 6.59. The van der Waals surface area contributed by atoms with Gasteiger partial charge in [0.2, 0.25) is 5.82 Å². The van der Waals surface area contributed by atoms with Crippen LogP contribution in [0.3, 0.4) is 0 Å². The molecule has 21 heavy (non-hydrogen) atoms. The average molecular weight is 302 g/mol. The summed E-state index contributed by atoms with van der Waals surface area (Å²) in [5.41, 5.74) is 7.77. The highest BCUT2D eigenvalue weighted by Crippen LogP contribution is 2.33. The van der Waals surface area contributed by atoms with Crippen molar-refractivity contribution < 1.29 is 9.26 Å². The molecule has 0 atom stereocenters. The number of rotatable bonds is 3. The van der Waals surface area contributed by atoms with Crippen molar-refractivity contribution in [2.75, 3.05) is 12.8 Å². The van der Waals surface area contributed by atoms with Crippen molar-refractivity contribution in [1.82, 2.24) is 10.1 Å². The number of aromatic nitrogens is 2. The lowest BCUT2D eigenvalue weighted by Crippen LogP contribution is -1.91. The fourth-order valence-electron chi connectivity index (χ4n) is 1.95. The Kier molecular flexibility index (Phi) is 3.50. The van der Waals surface area contributed by atoms with E-state index in [4.69, 9.17) is 26.6 Å². The first-order chi connectivity index (χ1) is 10.2. The number of hydrogen-bond acceptors (Lipinski definition) is 5. The SMILES string of the molecule is COc1ccc(-c2noc(-c3c(N)cccc3Cl)n2)cc1. The summed E-state index contributed by atoms with van der Waals surface area (Å²) in [7, 11) is 1.61. The molecule has 0 saturated heterocycles. The van der Waals surface area contributed by atoms with E-state index < -0.39 is 0 Å². The Morgan fingerprint density at radius 3 is 2.57 bits per heavy atom. The van der Waals surface area contributed by atoms with Gasteiger partial charge in [-0.25, -0.2) is 0 Å². The fourth-order valence-corrected chi connectivity index (χ4v) is 2.21. The van der Waals surface area contributed by atoms with E-state index in [1.807, 2.05) is 24.3 Å². The van der Waals surface area contributed by atoms with Crippen LogP contribution in [0.15, 0.2) is 47.0 Å². The molecular formula is C15H12ClN3O2. The summed E-state index contributed by atoms with van der Waals surface area (Å²) in [6.45, 7) is 0. The van der Waals surface area contributed by atoms with Crippen molar-refractivity contribution >= 4 is 17.3 Å². The second-order valence-electron chi connectivity index (χ2n) is 4.36. The lowest BCUT2D eigenvalue weighted by molar-refractivity contribution is 0.415. The van der Waals surface area contributed by atoms with Crippen LogP contribution in [-0.4, -0.2) is 17.3 Å². The Hall–Kier alpha value is -2.53. The minimum Gasteiger partial charge on any atom is -0.497 e. The third-order valence-corrected chi connectivity index (χ3v) is 3.35. The Morgan fingerprint density at radius 2 is 1.90 bits per heavy atom. The molecule has 2 aromatic carbocycles. The van der Waals surface area contributed by atoms with Crippen molar-refractivity contribution in [2.24, 2.45) is 0 Å². The fraction of sp³-hybridized carbons (Fsp3) is 0.0667. The smallest absolute Gasteiger partial charge is 0.261 e. The van der Waals surface area contributed by atoms with E-state index in [0.29, 0.717) is 28.0 Å². The van der Waals surface area contributed by atoms with Gasteiger partial charge >= 0.3 is 0 Å². The molecule has 1 aromatic heterocycles. The molecule has 1 heterocycles. The van der Waals surface area contributed by atoms with Crippen LogP contribution in [0.2, 0.25) is 5.02 Å². The zero-order valence-corrected chi connectivity index (χ0v) is 12.0. The maximum atomic E-state index is 6.13. The number of halogens is 1. The number of hydrogen-bond donors (Lipinski definition) is 1. The van der Waals surface area contributed by atoms with Crippen LogP contribution in [0.1, 0.15) is 0 Å². The minimum atomic E-state index is 0.295. The second kappa shape index (κ2) is 5.46. The van der Waals surface area contributed by atoms with Crippen molar-refractivity contribution in [2.45, 2.75) is 0 Å². The third kappa shape index (κ3) is 2.55. The molecule has 3 rings (SSSR count). The molecule has 0 aliphatic carbocycles. The maximum Gasteiger partial charge on any atom is 0.261 e. The van der Waals surface area contributed by atoms with E-state index >= 15 is 0 Å². The van der Waals surface area contributed by atoms with Gasteiger partial charge in [-0.3, -0.25) is 0 Å². The molecule has 0 aliphatic rings. The Balaban J connectivity index is 1.99. The van der Waals surface area contributed by atoms with Gasteiger partial charge in [-0.15, -0.1) is 0 Å². The van der Waals surface area contributed by atoms with Crippen molar-refractivity contribution in [1.29, 1.82) is 0 Å². The normalized spacial score (nSPS) is 10.6. The molecule has 0 radical (unpaired) electrons. The molecule has 6 heteroatoms. The number of nitrogens with zero attached hydrogens (tertiary/aromatic N) is 2. The van der Waals surface area contributed by atoms with Crippen LogP contribution in [0.5, 0.6) is 5.75 Å². The zero-order chi connectivity index (χ0) is 14.8. The van der Waals surface area contributed by atoms with Gasteiger partial charge < -0.3 is 15.0 Å². The van der Waals surface area contributed by atoms with Gasteiger partial charge in [-0.05, 0) is 36.4 Å². The molecule has 0 unspecified atom stereocenters. The molecule has 0 amide bonds. The highest BCUT2D eigenvalue weighted by molar-refractivity contribution is 6.33. The summed E-state index contributed by atoms with van der Waals surface area (Å²) in [6, 6.07) is 12.6. The van der Waals surface area contributed by atoms with Crippen LogP contribution in [0.25, 0.3) is 22.8 Å². The van der Waals surface area contributed by atoms with Crippen molar-refractivity contribution in [3.8, 4) is 28.6 Å². The number of methoxy groups -OCH3 is 1. The van der Waals surface area contributed by atoms with Gasteiger partial charge in [0.25, 0.3) is 5.89 Å². The van der Waals surface area contributed by atoms with E-state index in [9.17, 15) is 0 Å². The number of nitrogen functional groups attached to an aromatic ring is 1. The van der Waals surface area contributed by atoms with E-state index in [0.717, 1.165) is 11.3 Å². The summed E-state index contributed by atoms with van der Waals surface area (Å²) in [5.74, 6) is 1.52. The van der Waals surface area contributed by atoms with Crippen molar-refractivity contribution in [3.63, 3.8) is 0 Å². The highest BCUT2D eigenvalue weighted by atomic mass is 35.5. The Morgan fingerprint density at radius 1 is 1.14 bits per heavy atom. The molecule has 0 spiro atoms. The van der Waals surface area contributed by atoms with E-state index in [1.165, 1.54) is 0 Å². The summed E-state index contributed by atoms with van der Waals surface area (Å²) in [5, 5.41) is 4.43. The summed E-state index contributed by atoms with van der Waals surface area (Å²) in [4.78, 5) is 4.34. The van der Waals surface area contributed by atoms with Crippen LogP contribution >= 0.6 is 11.6 Å². The largest absolute Gasteiger partial charge is 0.497 e. The Bertz CT molecular complexity index is 749. The standard InChI is InChI=1S/C15H12ClN3O2/c1-20-10-7-5-9(6-8-10)14-18-15(21-19-14)13-11(16)3-2-4-12(13)17/h2-8H,17H2,1H3. The van der Waals surface area contributed by atoms with Gasteiger partial charge in [-0.1, -0.05) is 22.8 Å². The molecule has 0 fully saturated rings. The lowest BCUT2D eigenvalue weighted by atomic mass is 10.1. The second-order valence-corrected chi connectivity index (χ2v) is 4.76. The highest BCUT2D eigenvalue weighted by Gasteiger charge is 2.16. The van der Waals surface area contributed by atoms with Gasteiger partial charge in [0.15, 0.2) is 0 Å². The molecule has 0 bridgehead atoms. The molecule has 3 aromatic rings. The molecule has 2 N–H and O–H groups in total. The number of ether oxygens (including phenoxy) is 1. The van der Waals surface area contributed by atoms with Crippen LogP contribution in [-0.2, 0) is 0 Å². The van der Waals surface area contributed by atoms with Gasteiger partial charge in [0, 0.05) is 11.3 Å². The van der Waals surface area contributed by atoms with Crippen LogP contribution in [0, 0.1) is 0 Å². The predicted octanol–water partition coefficient (Wildman–Crippen LogP) is 3.65. The average Bonchev–Trinajstić information content (AvgIpc) is 2.97. The molecule has 0 saturated carbocycles. The molecule has 106 valence electrons. The summed E-state index contributed by atoms with van der Waals surface area (Å²) >= 11 is 6.13. The number of benzene rings is 2. The maximum absolute atomic E-state index is 6.13. The number of anilines is 1. The van der Waals surface area contributed by atoms with Gasteiger partial charge in [-0.2, -0.15) is 4.98 Å². The first-order valence-electron chi connectivity index (χ1n) is 6.21. The Labute approximate surface area is 126 Å². The van der Waals surface area contributed by atoms with E-state index in [2.05, 4.69) is 10.1 Å². The molecule has 5 nitrogen and oxygen atoms in total. The summed E-state index contributed by atoms with van der Waals surface area (Å²) in [6.07, 6.45) is 0. The van der Waals surface area contributed by atoms with Gasteiger partial charge in [0.05, 0.1) is 17.7 Å². The monoisotopic (exact) mass is 301 g/mol. The summed E-state index contributed by atoms with van der Waals surface area (Å²) < 4.78 is 10.4. The van der Waals surface area contributed by atoms with E-state index in [1.54, 1.807) is 25.3 Å². The molecule has 0 aliphatic heterocycles. The topological polar surface area (TPSA) is 74.2 Å². The molecular weight excluding hydrogens is 290 g/mol. The quantitative estimate of drug-likeness (QED) is 0.747. The van der Waals surface area contributed by atoms with Gasteiger partial charge in [0.1, 0.15) is 5.75 Å². The van der Waals surface area contributed by atoms with Crippen LogP contribution < -0.4 is 10.5 Å². The van der Waals surface area contributed by atoms with E-state index in [-0.39, 0.29) is 0 Å². The third-order valence-electron chi connectivity index (χ3n) is 3.03. The number of nitrogens with two attached hydrogens (primary N) is 1. The zero-order valence-electron chi connectivity index (χ0n) is 11.2. The predicted molar refractivity (Wildman–Crippen MR) is 81.1 cm³/mol. The van der Waals surface area contributed by atoms with Crippen LogP contribution in [0.4, 0.5) is 5.69 Å². The first kappa shape index (κ1) is 13.5.